The van der Waals surface area contributed by atoms with Crippen molar-refractivity contribution >= 4 is 16.8 Å². The molecule has 0 saturated carbocycles. The van der Waals surface area contributed by atoms with Crippen molar-refractivity contribution in [1.82, 2.24) is 9.97 Å². The number of ketones is 1. The number of Topliss-reactive ketones (excluding diaryl/α,β-unsaturated/α-hetero) is 1. The predicted molar refractivity (Wildman–Crippen MR) is 92.1 cm³/mol. The number of H-pyrrole nitrogens is 1. The van der Waals surface area contributed by atoms with Gasteiger partial charge in [-0.15, -0.1) is 0 Å². The summed E-state index contributed by atoms with van der Waals surface area (Å²) < 4.78 is 0. The lowest BCUT2D eigenvalue weighted by Gasteiger charge is -2.23. The summed E-state index contributed by atoms with van der Waals surface area (Å²) in [6.45, 7) is 3.68. The molecule has 3 nitrogen and oxygen atoms in total. The molecule has 1 unspecified atom stereocenters. The lowest BCUT2D eigenvalue weighted by atomic mass is 9.80. The van der Waals surface area contributed by atoms with Gasteiger partial charge in [0.15, 0.2) is 5.78 Å². The summed E-state index contributed by atoms with van der Waals surface area (Å²) in [4.78, 5) is 19.5. The van der Waals surface area contributed by atoms with E-state index in [1.54, 1.807) is 6.92 Å². The fourth-order valence-corrected chi connectivity index (χ4v) is 3.70. The van der Waals surface area contributed by atoms with E-state index < -0.39 is 0 Å². The molecule has 0 fully saturated rings. The number of aromatic nitrogens is 2. The third kappa shape index (κ3) is 2.37. The number of benzene rings is 1. The van der Waals surface area contributed by atoms with Crippen LogP contribution >= 0.6 is 0 Å². The van der Waals surface area contributed by atoms with Crippen LogP contribution in [0.3, 0.4) is 0 Å². The maximum absolute atomic E-state index is 11.6. The molecule has 0 aliphatic heterocycles. The maximum Gasteiger partial charge on any atom is 0.178 e. The van der Waals surface area contributed by atoms with Gasteiger partial charge >= 0.3 is 0 Å². The van der Waals surface area contributed by atoms with E-state index in [1.165, 1.54) is 28.8 Å². The number of nitrogens with one attached hydrogen (secondary N) is 1. The standard InChI is InChI=1S/C20H20N2O/c1-12-6-8-14(9-7-12)15-4-3-5-18-19(15)16-10-11-17(13(2)23)21-20(16)22-18/h6-11,15H,3-5H2,1-2H3,(H,21,22). The average Bonchev–Trinajstić information content (AvgIpc) is 2.93. The Bertz CT molecular complexity index is 890. The molecule has 2 heterocycles. The second-order valence-corrected chi connectivity index (χ2v) is 6.52. The Morgan fingerprint density at radius 2 is 1.96 bits per heavy atom. The zero-order valence-corrected chi connectivity index (χ0v) is 13.5. The van der Waals surface area contributed by atoms with Gasteiger partial charge in [-0.1, -0.05) is 29.8 Å². The van der Waals surface area contributed by atoms with Crippen LogP contribution in [0.1, 0.15) is 58.6 Å². The molecule has 1 aliphatic rings. The first-order chi connectivity index (χ1) is 11.1. The van der Waals surface area contributed by atoms with E-state index in [4.69, 9.17) is 0 Å². The van der Waals surface area contributed by atoms with E-state index in [9.17, 15) is 4.79 Å². The largest absolute Gasteiger partial charge is 0.343 e. The monoisotopic (exact) mass is 304 g/mol. The molecule has 0 spiro atoms. The predicted octanol–water partition coefficient (Wildman–Crippen LogP) is 4.54. The Kier molecular flexibility index (Phi) is 3.29. The van der Waals surface area contributed by atoms with Gasteiger partial charge in [0.25, 0.3) is 0 Å². The Balaban J connectivity index is 1.87. The first-order valence-corrected chi connectivity index (χ1v) is 8.22. The highest BCUT2D eigenvalue weighted by Crippen LogP contribution is 2.40. The number of fused-ring (bicyclic) bond motifs is 3. The summed E-state index contributed by atoms with van der Waals surface area (Å²) in [5.41, 5.74) is 6.69. The van der Waals surface area contributed by atoms with Gasteiger partial charge in [0.1, 0.15) is 11.3 Å². The highest BCUT2D eigenvalue weighted by Gasteiger charge is 2.26. The molecule has 1 aliphatic carbocycles. The molecular weight excluding hydrogens is 284 g/mol. The molecule has 0 amide bonds. The minimum atomic E-state index is 0.00885. The Morgan fingerprint density at radius 1 is 1.17 bits per heavy atom. The van der Waals surface area contributed by atoms with Crippen molar-refractivity contribution < 1.29 is 4.79 Å². The Labute approximate surface area is 135 Å². The molecule has 1 atom stereocenters. The van der Waals surface area contributed by atoms with Gasteiger partial charge in [0.2, 0.25) is 0 Å². The van der Waals surface area contributed by atoms with Crippen molar-refractivity contribution in [1.29, 1.82) is 0 Å². The number of hydrogen-bond acceptors (Lipinski definition) is 2. The molecule has 0 saturated heterocycles. The first kappa shape index (κ1) is 14.2. The van der Waals surface area contributed by atoms with Crippen LogP contribution in [-0.2, 0) is 6.42 Å². The first-order valence-electron chi connectivity index (χ1n) is 8.22. The van der Waals surface area contributed by atoms with E-state index in [1.807, 2.05) is 6.07 Å². The second kappa shape index (κ2) is 5.34. The number of pyridine rings is 1. The summed E-state index contributed by atoms with van der Waals surface area (Å²) in [5.74, 6) is 0.424. The minimum absolute atomic E-state index is 0.00885. The number of carbonyl (C=O) groups is 1. The number of nitrogens with zero attached hydrogens (tertiary/aromatic N) is 1. The van der Waals surface area contributed by atoms with E-state index in [2.05, 4.69) is 47.2 Å². The van der Waals surface area contributed by atoms with Gasteiger partial charge in [0.05, 0.1) is 0 Å². The quantitative estimate of drug-likeness (QED) is 0.706. The number of carbonyl (C=O) groups excluding carboxylic acids is 1. The van der Waals surface area contributed by atoms with Crippen molar-refractivity contribution in [3.8, 4) is 0 Å². The van der Waals surface area contributed by atoms with Crippen molar-refractivity contribution in [2.24, 2.45) is 0 Å². The molecular formula is C20H20N2O. The van der Waals surface area contributed by atoms with Crippen LogP contribution in [0.15, 0.2) is 36.4 Å². The van der Waals surface area contributed by atoms with Gasteiger partial charge < -0.3 is 4.98 Å². The Morgan fingerprint density at radius 3 is 2.70 bits per heavy atom. The van der Waals surface area contributed by atoms with Crippen LogP contribution in [-0.4, -0.2) is 15.8 Å². The number of hydrogen-bond donors (Lipinski definition) is 1. The zero-order valence-electron chi connectivity index (χ0n) is 13.5. The van der Waals surface area contributed by atoms with Crippen LogP contribution in [0, 0.1) is 6.92 Å². The topological polar surface area (TPSA) is 45.8 Å². The van der Waals surface area contributed by atoms with Crippen molar-refractivity contribution in [3.63, 3.8) is 0 Å². The van der Waals surface area contributed by atoms with Gasteiger partial charge in [-0.05, 0) is 49.4 Å². The van der Waals surface area contributed by atoms with Crippen molar-refractivity contribution in [2.75, 3.05) is 0 Å². The van der Waals surface area contributed by atoms with Gasteiger partial charge in [-0.3, -0.25) is 4.79 Å². The minimum Gasteiger partial charge on any atom is -0.343 e. The maximum atomic E-state index is 11.6. The molecule has 0 bridgehead atoms. The normalized spacial score (nSPS) is 17.2. The van der Waals surface area contributed by atoms with Crippen LogP contribution < -0.4 is 0 Å². The molecule has 0 radical (unpaired) electrons. The number of aryl methyl sites for hydroxylation is 2. The van der Waals surface area contributed by atoms with Crippen LogP contribution in [0.25, 0.3) is 11.0 Å². The van der Waals surface area contributed by atoms with Crippen LogP contribution in [0.4, 0.5) is 0 Å². The highest BCUT2D eigenvalue weighted by atomic mass is 16.1. The average molecular weight is 304 g/mol. The number of rotatable bonds is 2. The summed E-state index contributed by atoms with van der Waals surface area (Å²) >= 11 is 0. The highest BCUT2D eigenvalue weighted by molar-refractivity contribution is 5.95. The van der Waals surface area contributed by atoms with Gasteiger partial charge in [-0.2, -0.15) is 0 Å². The molecule has 116 valence electrons. The molecule has 3 aromatic rings. The van der Waals surface area contributed by atoms with E-state index in [0.717, 1.165) is 23.9 Å². The lowest BCUT2D eigenvalue weighted by molar-refractivity contribution is 0.101. The molecule has 1 N–H and O–H groups in total. The number of aromatic amines is 1. The SMILES string of the molecule is CC(=O)c1ccc2c3c([nH]c2n1)CCCC3c1ccc(C)cc1. The fourth-order valence-electron chi connectivity index (χ4n) is 3.70. The molecule has 23 heavy (non-hydrogen) atoms. The summed E-state index contributed by atoms with van der Waals surface area (Å²) in [7, 11) is 0. The van der Waals surface area contributed by atoms with E-state index >= 15 is 0 Å². The summed E-state index contributed by atoms with van der Waals surface area (Å²) in [6.07, 6.45) is 3.40. The molecule has 3 heteroatoms. The van der Waals surface area contributed by atoms with Gasteiger partial charge in [0, 0.05) is 23.9 Å². The summed E-state index contributed by atoms with van der Waals surface area (Å²) in [6, 6.07) is 12.8. The fraction of sp³-hybridized carbons (Fsp3) is 0.300. The smallest absolute Gasteiger partial charge is 0.178 e. The van der Waals surface area contributed by atoms with Crippen molar-refractivity contribution in [3.05, 3.63) is 64.5 Å². The van der Waals surface area contributed by atoms with Gasteiger partial charge in [-0.25, -0.2) is 4.98 Å². The summed E-state index contributed by atoms with van der Waals surface area (Å²) in [5, 5.41) is 1.16. The van der Waals surface area contributed by atoms with E-state index in [-0.39, 0.29) is 5.78 Å². The van der Waals surface area contributed by atoms with Crippen molar-refractivity contribution in [2.45, 2.75) is 39.0 Å². The second-order valence-electron chi connectivity index (χ2n) is 6.52. The zero-order chi connectivity index (χ0) is 16.0. The van der Waals surface area contributed by atoms with Crippen LogP contribution in [0.5, 0.6) is 0 Å². The van der Waals surface area contributed by atoms with E-state index in [0.29, 0.717) is 11.6 Å². The Hall–Kier alpha value is -2.42. The third-order valence-corrected chi connectivity index (χ3v) is 4.89. The lowest BCUT2D eigenvalue weighted by Crippen LogP contribution is -2.10. The molecule has 2 aromatic heterocycles. The third-order valence-electron chi connectivity index (χ3n) is 4.89. The molecule has 4 rings (SSSR count). The van der Waals surface area contributed by atoms with Crippen LogP contribution in [0.2, 0.25) is 0 Å². The molecule has 1 aromatic carbocycles.